The summed E-state index contributed by atoms with van der Waals surface area (Å²) in [5.41, 5.74) is 2.91. The van der Waals surface area contributed by atoms with Crippen molar-refractivity contribution in [1.82, 2.24) is 5.32 Å². The molecule has 1 aliphatic carbocycles. The Morgan fingerprint density at radius 1 is 1.14 bits per heavy atom. The molecule has 0 aromatic heterocycles. The van der Waals surface area contributed by atoms with Crippen LogP contribution in [0.4, 0.5) is 0 Å². The third-order valence-corrected chi connectivity index (χ3v) is 4.31. The van der Waals surface area contributed by atoms with Crippen molar-refractivity contribution in [2.24, 2.45) is 0 Å². The van der Waals surface area contributed by atoms with Gasteiger partial charge in [-0.15, -0.1) is 0 Å². The quantitative estimate of drug-likeness (QED) is 0.733. The number of benzene rings is 1. The van der Waals surface area contributed by atoms with Crippen molar-refractivity contribution in [3.63, 3.8) is 0 Å². The molecule has 1 aromatic carbocycles. The van der Waals surface area contributed by atoms with Gasteiger partial charge in [-0.05, 0) is 69.7 Å². The number of hydrogen-bond donors (Lipinski definition) is 1. The molecule has 2 rings (SSSR count). The first kappa shape index (κ1) is 16.9. The van der Waals surface area contributed by atoms with E-state index in [-0.39, 0.29) is 0 Å². The molecule has 3 nitrogen and oxygen atoms in total. The highest BCUT2D eigenvalue weighted by atomic mass is 16.5. The Morgan fingerprint density at radius 3 is 2.64 bits per heavy atom. The van der Waals surface area contributed by atoms with Gasteiger partial charge in [0.25, 0.3) is 0 Å². The van der Waals surface area contributed by atoms with E-state index >= 15 is 0 Å². The second-order valence-electron chi connectivity index (χ2n) is 6.11. The number of allylic oxidation sites excluding steroid dienone is 1. The number of hydrogen-bond acceptors (Lipinski definition) is 3. The van der Waals surface area contributed by atoms with E-state index in [4.69, 9.17) is 9.47 Å². The average Bonchev–Trinajstić information content (AvgIpc) is 2.55. The van der Waals surface area contributed by atoms with Gasteiger partial charge in [-0.3, -0.25) is 0 Å². The SMILES string of the molecule is COc1ccc(CC(C)NCCC2=CCCCC2)cc1OC. The Balaban J connectivity index is 1.78. The molecule has 1 aromatic rings. The first-order valence-electron chi connectivity index (χ1n) is 8.35. The molecule has 1 unspecified atom stereocenters. The largest absolute Gasteiger partial charge is 0.493 e. The van der Waals surface area contributed by atoms with Crippen LogP contribution in [0.2, 0.25) is 0 Å². The van der Waals surface area contributed by atoms with Crippen molar-refractivity contribution < 1.29 is 9.47 Å². The van der Waals surface area contributed by atoms with Crippen LogP contribution >= 0.6 is 0 Å². The van der Waals surface area contributed by atoms with E-state index < -0.39 is 0 Å². The van der Waals surface area contributed by atoms with Crippen LogP contribution < -0.4 is 14.8 Å². The minimum atomic E-state index is 0.460. The van der Waals surface area contributed by atoms with Crippen molar-refractivity contribution >= 4 is 0 Å². The highest BCUT2D eigenvalue weighted by molar-refractivity contribution is 5.43. The highest BCUT2D eigenvalue weighted by Gasteiger charge is 2.09. The van der Waals surface area contributed by atoms with E-state index in [1.165, 1.54) is 37.7 Å². The van der Waals surface area contributed by atoms with Gasteiger partial charge in [0.15, 0.2) is 11.5 Å². The predicted octanol–water partition coefficient (Wildman–Crippen LogP) is 4.11. The average molecular weight is 303 g/mol. The van der Waals surface area contributed by atoms with Crippen LogP contribution in [0, 0.1) is 0 Å². The van der Waals surface area contributed by atoms with E-state index in [1.807, 2.05) is 6.07 Å². The van der Waals surface area contributed by atoms with Gasteiger partial charge in [-0.25, -0.2) is 0 Å². The fourth-order valence-corrected chi connectivity index (χ4v) is 3.04. The zero-order chi connectivity index (χ0) is 15.8. The normalized spacial score (nSPS) is 16.0. The second-order valence-corrected chi connectivity index (χ2v) is 6.11. The maximum Gasteiger partial charge on any atom is 0.160 e. The third kappa shape index (κ3) is 5.06. The van der Waals surface area contributed by atoms with Crippen LogP contribution in [0.3, 0.4) is 0 Å². The topological polar surface area (TPSA) is 30.5 Å². The minimum absolute atomic E-state index is 0.460. The van der Waals surface area contributed by atoms with Crippen molar-refractivity contribution in [1.29, 1.82) is 0 Å². The molecule has 0 saturated carbocycles. The monoisotopic (exact) mass is 303 g/mol. The molecular formula is C19H29NO2. The van der Waals surface area contributed by atoms with Gasteiger partial charge in [0.05, 0.1) is 14.2 Å². The Morgan fingerprint density at radius 2 is 1.95 bits per heavy atom. The van der Waals surface area contributed by atoms with Gasteiger partial charge >= 0.3 is 0 Å². The van der Waals surface area contributed by atoms with Crippen LogP contribution in [0.1, 0.15) is 44.6 Å². The molecule has 0 saturated heterocycles. The van der Waals surface area contributed by atoms with Gasteiger partial charge in [0.2, 0.25) is 0 Å². The Labute approximate surface area is 134 Å². The van der Waals surface area contributed by atoms with Gasteiger partial charge in [0, 0.05) is 6.04 Å². The van der Waals surface area contributed by atoms with Gasteiger partial charge < -0.3 is 14.8 Å². The fourth-order valence-electron chi connectivity index (χ4n) is 3.04. The summed E-state index contributed by atoms with van der Waals surface area (Å²) in [6.07, 6.45) is 9.93. The zero-order valence-electron chi connectivity index (χ0n) is 14.2. The van der Waals surface area contributed by atoms with Crippen molar-refractivity contribution in [2.45, 2.75) is 51.5 Å². The zero-order valence-corrected chi connectivity index (χ0v) is 14.2. The smallest absolute Gasteiger partial charge is 0.160 e. The number of ether oxygens (including phenoxy) is 2. The lowest BCUT2D eigenvalue weighted by molar-refractivity contribution is 0.354. The summed E-state index contributed by atoms with van der Waals surface area (Å²) >= 11 is 0. The summed E-state index contributed by atoms with van der Waals surface area (Å²) in [6.45, 7) is 3.31. The van der Waals surface area contributed by atoms with E-state index in [2.05, 4.69) is 30.4 Å². The molecule has 1 N–H and O–H groups in total. The number of rotatable bonds is 8. The predicted molar refractivity (Wildman–Crippen MR) is 91.9 cm³/mol. The first-order valence-corrected chi connectivity index (χ1v) is 8.35. The van der Waals surface area contributed by atoms with E-state index in [1.54, 1.807) is 19.8 Å². The van der Waals surface area contributed by atoms with Crippen molar-refractivity contribution in [2.75, 3.05) is 20.8 Å². The number of methoxy groups -OCH3 is 2. The molecule has 0 radical (unpaired) electrons. The van der Waals surface area contributed by atoms with Gasteiger partial charge in [-0.2, -0.15) is 0 Å². The Hall–Kier alpha value is -1.48. The Bertz CT molecular complexity index is 496. The van der Waals surface area contributed by atoms with Crippen LogP contribution in [-0.4, -0.2) is 26.8 Å². The molecule has 1 atom stereocenters. The molecular weight excluding hydrogens is 274 g/mol. The number of nitrogens with one attached hydrogen (secondary N) is 1. The summed E-state index contributed by atoms with van der Waals surface area (Å²) in [5, 5.41) is 3.63. The van der Waals surface area contributed by atoms with E-state index in [0.29, 0.717) is 6.04 Å². The minimum Gasteiger partial charge on any atom is -0.493 e. The molecule has 1 aliphatic rings. The van der Waals surface area contributed by atoms with Crippen LogP contribution in [0.5, 0.6) is 11.5 Å². The maximum atomic E-state index is 5.37. The summed E-state index contributed by atoms with van der Waals surface area (Å²) in [4.78, 5) is 0. The summed E-state index contributed by atoms with van der Waals surface area (Å²) in [6, 6.07) is 6.62. The van der Waals surface area contributed by atoms with E-state index in [0.717, 1.165) is 24.5 Å². The standard InChI is InChI=1S/C19H29NO2/c1-15(20-12-11-16-7-5-4-6-8-16)13-17-9-10-18(21-2)19(14-17)22-3/h7,9-10,14-15,20H,4-6,8,11-13H2,1-3H3. The van der Waals surface area contributed by atoms with Crippen molar-refractivity contribution in [3.05, 3.63) is 35.4 Å². The molecule has 0 aliphatic heterocycles. The molecule has 0 amide bonds. The van der Waals surface area contributed by atoms with Crippen LogP contribution in [0.25, 0.3) is 0 Å². The lowest BCUT2D eigenvalue weighted by atomic mass is 9.97. The van der Waals surface area contributed by atoms with Crippen LogP contribution in [-0.2, 0) is 6.42 Å². The summed E-state index contributed by atoms with van der Waals surface area (Å²) in [5.74, 6) is 1.59. The molecule has 0 bridgehead atoms. The third-order valence-electron chi connectivity index (χ3n) is 4.31. The lowest BCUT2D eigenvalue weighted by Gasteiger charge is -2.17. The fraction of sp³-hybridized carbons (Fsp3) is 0.579. The molecule has 0 spiro atoms. The van der Waals surface area contributed by atoms with Gasteiger partial charge in [-0.1, -0.05) is 17.7 Å². The lowest BCUT2D eigenvalue weighted by Crippen LogP contribution is -2.29. The molecule has 0 fully saturated rings. The van der Waals surface area contributed by atoms with Gasteiger partial charge in [0.1, 0.15) is 0 Å². The summed E-state index contributed by atoms with van der Waals surface area (Å²) < 4.78 is 10.6. The molecule has 0 heterocycles. The molecule has 3 heteroatoms. The van der Waals surface area contributed by atoms with E-state index in [9.17, 15) is 0 Å². The van der Waals surface area contributed by atoms with Crippen molar-refractivity contribution in [3.8, 4) is 11.5 Å². The van der Waals surface area contributed by atoms with Crippen LogP contribution in [0.15, 0.2) is 29.8 Å². The first-order chi connectivity index (χ1) is 10.7. The molecule has 122 valence electrons. The maximum absolute atomic E-state index is 5.37. The molecule has 22 heavy (non-hydrogen) atoms. The second kappa shape index (κ2) is 8.84. The summed E-state index contributed by atoms with van der Waals surface area (Å²) in [7, 11) is 3.35. The highest BCUT2D eigenvalue weighted by Crippen LogP contribution is 2.28. The Kier molecular flexibility index (Phi) is 6.78.